The van der Waals surface area contributed by atoms with Gasteiger partial charge < -0.3 is 4.98 Å². The van der Waals surface area contributed by atoms with Gasteiger partial charge in [0.25, 0.3) is 5.56 Å². The Labute approximate surface area is 122 Å². The first-order chi connectivity index (χ1) is 10.3. The molecule has 0 bridgehead atoms. The molecule has 1 aliphatic carbocycles. The summed E-state index contributed by atoms with van der Waals surface area (Å²) in [6, 6.07) is 8.00. The Balaban J connectivity index is 1.78. The summed E-state index contributed by atoms with van der Waals surface area (Å²) in [5.74, 6) is 0.603. The molecule has 4 rings (SSSR count). The van der Waals surface area contributed by atoms with Crippen LogP contribution in [0.15, 0.2) is 35.3 Å². The Morgan fingerprint density at radius 2 is 1.95 bits per heavy atom. The number of benzene rings is 1. The van der Waals surface area contributed by atoms with Crippen molar-refractivity contribution >= 4 is 21.8 Å². The van der Waals surface area contributed by atoms with Crippen molar-refractivity contribution in [2.75, 3.05) is 0 Å². The lowest BCUT2D eigenvalue weighted by molar-refractivity contribution is 0.303. The van der Waals surface area contributed by atoms with Gasteiger partial charge in [-0.05, 0) is 24.8 Å². The molecule has 1 aliphatic rings. The van der Waals surface area contributed by atoms with E-state index in [4.69, 9.17) is 0 Å². The topological polar surface area (TPSA) is 50.7 Å². The average Bonchev–Trinajstić information content (AvgIpc) is 2.91. The van der Waals surface area contributed by atoms with E-state index in [2.05, 4.69) is 10.1 Å². The van der Waals surface area contributed by atoms with E-state index in [9.17, 15) is 4.79 Å². The van der Waals surface area contributed by atoms with E-state index in [0.29, 0.717) is 11.4 Å². The van der Waals surface area contributed by atoms with E-state index in [1.807, 2.05) is 30.5 Å². The molecule has 0 radical (unpaired) electrons. The molecule has 1 fully saturated rings. The number of rotatable bonds is 2. The Morgan fingerprint density at radius 3 is 2.81 bits per heavy atom. The van der Waals surface area contributed by atoms with Crippen LogP contribution in [0.25, 0.3) is 21.8 Å². The number of fused-ring (bicyclic) bond motifs is 3. The Morgan fingerprint density at radius 1 is 1.14 bits per heavy atom. The highest BCUT2D eigenvalue weighted by molar-refractivity contribution is 6.06. The maximum Gasteiger partial charge on any atom is 0.291 e. The number of hydrogen-bond donors (Lipinski definition) is 1. The van der Waals surface area contributed by atoms with Crippen molar-refractivity contribution in [3.05, 3.63) is 40.8 Å². The van der Waals surface area contributed by atoms with Crippen LogP contribution >= 0.6 is 0 Å². The highest BCUT2D eigenvalue weighted by Gasteiger charge is 2.16. The van der Waals surface area contributed by atoms with Gasteiger partial charge in [-0.1, -0.05) is 37.5 Å². The van der Waals surface area contributed by atoms with E-state index in [1.165, 1.54) is 32.1 Å². The summed E-state index contributed by atoms with van der Waals surface area (Å²) in [6.45, 7) is 0.754. The largest absolute Gasteiger partial charge is 0.350 e. The minimum atomic E-state index is 0.00859. The van der Waals surface area contributed by atoms with Crippen LogP contribution in [0.3, 0.4) is 0 Å². The fourth-order valence-corrected chi connectivity index (χ4v) is 3.52. The predicted molar refractivity (Wildman–Crippen MR) is 84.4 cm³/mol. The van der Waals surface area contributed by atoms with Crippen molar-refractivity contribution in [2.45, 2.75) is 38.6 Å². The monoisotopic (exact) mass is 281 g/mol. The minimum Gasteiger partial charge on any atom is -0.350 e. The molecule has 0 unspecified atom stereocenters. The first-order valence-electron chi connectivity index (χ1n) is 7.79. The highest BCUT2D eigenvalue weighted by atomic mass is 16.1. The van der Waals surface area contributed by atoms with Gasteiger partial charge in [-0.3, -0.25) is 4.79 Å². The third-order valence-electron chi connectivity index (χ3n) is 4.68. The predicted octanol–water partition coefficient (Wildman–Crippen LogP) is 3.46. The molecular weight excluding hydrogens is 262 g/mol. The SMILES string of the molecule is O=c1c2[nH]c3ccccc3c2cnn1CC1CCCCC1. The molecular formula is C17H19N3O. The average molecular weight is 281 g/mol. The molecule has 2 aromatic heterocycles. The third-order valence-corrected chi connectivity index (χ3v) is 4.68. The molecule has 0 aliphatic heterocycles. The van der Waals surface area contributed by atoms with E-state index < -0.39 is 0 Å². The number of nitrogens with one attached hydrogen (secondary N) is 1. The lowest BCUT2D eigenvalue weighted by Gasteiger charge is -2.21. The Hall–Kier alpha value is -2.10. The van der Waals surface area contributed by atoms with E-state index in [1.54, 1.807) is 4.68 Å². The molecule has 2 heterocycles. The molecule has 4 heteroatoms. The normalized spacial score (nSPS) is 16.8. The zero-order chi connectivity index (χ0) is 14.2. The third kappa shape index (κ3) is 2.15. The van der Waals surface area contributed by atoms with Gasteiger partial charge in [0.15, 0.2) is 0 Å². The number of aromatic nitrogens is 3. The molecule has 4 nitrogen and oxygen atoms in total. The number of H-pyrrole nitrogens is 1. The van der Waals surface area contributed by atoms with Crippen molar-refractivity contribution < 1.29 is 0 Å². The molecule has 21 heavy (non-hydrogen) atoms. The second-order valence-corrected chi connectivity index (χ2v) is 6.10. The van der Waals surface area contributed by atoms with Crippen molar-refractivity contribution in [3.8, 4) is 0 Å². The quantitative estimate of drug-likeness (QED) is 0.782. The molecule has 1 N–H and O–H groups in total. The summed E-state index contributed by atoms with van der Waals surface area (Å²) in [5, 5.41) is 6.40. The van der Waals surface area contributed by atoms with Crippen molar-refractivity contribution in [1.82, 2.24) is 14.8 Å². The van der Waals surface area contributed by atoms with Crippen molar-refractivity contribution in [3.63, 3.8) is 0 Å². The standard InChI is InChI=1S/C17H19N3O/c21-17-16-14(13-8-4-5-9-15(13)19-16)10-18-20(17)11-12-6-2-1-3-7-12/h4-5,8-10,12,19H,1-3,6-7,11H2. The van der Waals surface area contributed by atoms with Crippen LogP contribution in [-0.2, 0) is 6.54 Å². The number of hydrogen-bond acceptors (Lipinski definition) is 2. The lowest BCUT2D eigenvalue weighted by Crippen LogP contribution is -2.27. The van der Waals surface area contributed by atoms with Gasteiger partial charge in [-0.2, -0.15) is 5.10 Å². The molecule has 0 spiro atoms. The van der Waals surface area contributed by atoms with Gasteiger partial charge >= 0.3 is 0 Å². The molecule has 3 aromatic rings. The van der Waals surface area contributed by atoms with E-state index in [0.717, 1.165) is 22.8 Å². The van der Waals surface area contributed by atoms with E-state index >= 15 is 0 Å². The highest BCUT2D eigenvalue weighted by Crippen LogP contribution is 2.25. The summed E-state index contributed by atoms with van der Waals surface area (Å²) < 4.78 is 1.65. The minimum absolute atomic E-state index is 0.00859. The number of para-hydroxylation sites is 1. The van der Waals surface area contributed by atoms with Crippen LogP contribution < -0.4 is 5.56 Å². The first-order valence-corrected chi connectivity index (χ1v) is 7.79. The summed E-state index contributed by atoms with van der Waals surface area (Å²) >= 11 is 0. The molecule has 108 valence electrons. The fourth-order valence-electron chi connectivity index (χ4n) is 3.52. The molecule has 1 saturated carbocycles. The zero-order valence-electron chi connectivity index (χ0n) is 12.0. The van der Waals surface area contributed by atoms with E-state index in [-0.39, 0.29) is 5.56 Å². The van der Waals surface area contributed by atoms with Crippen LogP contribution in [0.1, 0.15) is 32.1 Å². The number of aromatic amines is 1. The lowest BCUT2D eigenvalue weighted by atomic mass is 9.89. The second-order valence-electron chi connectivity index (χ2n) is 6.10. The summed E-state index contributed by atoms with van der Waals surface area (Å²) in [5.41, 5.74) is 1.69. The van der Waals surface area contributed by atoms with Gasteiger partial charge in [0, 0.05) is 22.8 Å². The van der Waals surface area contributed by atoms with Gasteiger partial charge in [0.1, 0.15) is 5.52 Å². The Bertz CT molecular complexity index is 840. The zero-order valence-corrected chi connectivity index (χ0v) is 12.0. The van der Waals surface area contributed by atoms with Gasteiger partial charge in [0.2, 0.25) is 0 Å². The second kappa shape index (κ2) is 5.02. The smallest absolute Gasteiger partial charge is 0.291 e. The molecule has 0 atom stereocenters. The summed E-state index contributed by atoms with van der Waals surface area (Å²) in [7, 11) is 0. The van der Waals surface area contributed by atoms with Crippen LogP contribution in [0.5, 0.6) is 0 Å². The van der Waals surface area contributed by atoms with Gasteiger partial charge in [-0.25, -0.2) is 4.68 Å². The molecule has 0 amide bonds. The summed E-state index contributed by atoms with van der Waals surface area (Å²) in [6.07, 6.45) is 8.18. The van der Waals surface area contributed by atoms with Crippen LogP contribution in [0.2, 0.25) is 0 Å². The fraction of sp³-hybridized carbons (Fsp3) is 0.412. The van der Waals surface area contributed by atoms with Crippen LogP contribution in [0.4, 0.5) is 0 Å². The molecule has 1 aromatic carbocycles. The van der Waals surface area contributed by atoms with Crippen LogP contribution in [-0.4, -0.2) is 14.8 Å². The number of nitrogens with zero attached hydrogens (tertiary/aromatic N) is 2. The first kappa shape index (κ1) is 12.6. The van der Waals surface area contributed by atoms with Gasteiger partial charge in [0.05, 0.1) is 6.20 Å². The Kier molecular flexibility index (Phi) is 3.02. The van der Waals surface area contributed by atoms with Crippen molar-refractivity contribution in [1.29, 1.82) is 0 Å². The van der Waals surface area contributed by atoms with Crippen LogP contribution in [0, 0.1) is 5.92 Å². The maximum atomic E-state index is 12.6. The molecule has 0 saturated heterocycles. The summed E-state index contributed by atoms with van der Waals surface area (Å²) in [4.78, 5) is 15.9. The maximum absolute atomic E-state index is 12.6. The van der Waals surface area contributed by atoms with Crippen molar-refractivity contribution in [2.24, 2.45) is 5.92 Å². The van der Waals surface area contributed by atoms with Gasteiger partial charge in [-0.15, -0.1) is 0 Å².